The second-order valence-electron chi connectivity index (χ2n) is 3.57. The molecule has 18 heavy (non-hydrogen) atoms. The van der Waals surface area contributed by atoms with Crippen LogP contribution in [-0.2, 0) is 9.53 Å². The summed E-state index contributed by atoms with van der Waals surface area (Å²) in [6, 6.07) is 0. The van der Waals surface area contributed by atoms with Crippen molar-refractivity contribution in [1.82, 2.24) is 9.80 Å². The number of piperazine rings is 1. The first-order valence-electron chi connectivity index (χ1n) is 7.27. The van der Waals surface area contributed by atoms with Crippen LogP contribution in [0.3, 0.4) is 0 Å². The lowest BCUT2D eigenvalue weighted by atomic mass is 10.3. The normalized spacial score (nSPS) is 15.1. The highest BCUT2D eigenvalue weighted by molar-refractivity contribution is 5.75. The zero-order valence-electron chi connectivity index (χ0n) is 13.2. The summed E-state index contributed by atoms with van der Waals surface area (Å²) in [5.74, 6) is 0.274. The fourth-order valence-electron chi connectivity index (χ4n) is 1.66. The second kappa shape index (κ2) is 14.5. The van der Waals surface area contributed by atoms with Crippen molar-refractivity contribution in [2.75, 3.05) is 46.4 Å². The van der Waals surface area contributed by atoms with Gasteiger partial charge in [0.25, 0.3) is 0 Å². The summed E-state index contributed by atoms with van der Waals surface area (Å²) in [5, 5.41) is 0. The largest absolute Gasteiger partial charge is 0.383 e. The molecule has 1 aliphatic rings. The van der Waals surface area contributed by atoms with E-state index in [9.17, 15) is 4.79 Å². The number of amides is 1. The molecular weight excluding hydrogens is 228 g/mol. The van der Waals surface area contributed by atoms with Gasteiger partial charge in [-0.15, -0.1) is 0 Å². The van der Waals surface area contributed by atoms with Crippen molar-refractivity contribution in [3.63, 3.8) is 0 Å². The summed E-state index contributed by atoms with van der Waals surface area (Å²) in [4.78, 5) is 15.7. The van der Waals surface area contributed by atoms with Crippen LogP contribution in [0.5, 0.6) is 0 Å². The van der Waals surface area contributed by atoms with Crippen LogP contribution in [0.25, 0.3) is 0 Å². The third-order valence-electron chi connectivity index (χ3n) is 2.64. The Balaban J connectivity index is 0. The van der Waals surface area contributed by atoms with E-state index >= 15 is 0 Å². The first-order chi connectivity index (χ1) is 8.77. The van der Waals surface area contributed by atoms with Gasteiger partial charge >= 0.3 is 0 Å². The Hall–Kier alpha value is -0.610. The van der Waals surface area contributed by atoms with Crippen molar-refractivity contribution in [1.29, 1.82) is 0 Å². The molecule has 0 unspecified atom stereocenters. The molecule has 0 aliphatic carbocycles. The van der Waals surface area contributed by atoms with Gasteiger partial charge in [0.05, 0.1) is 6.61 Å². The SMILES string of the molecule is CC.CC.CCC(=O)N1CCN(CCOC)CC1. The van der Waals surface area contributed by atoms with Gasteiger partial charge in [0.15, 0.2) is 0 Å². The quantitative estimate of drug-likeness (QED) is 0.777. The molecule has 0 bridgehead atoms. The molecule has 1 amide bonds. The average molecular weight is 260 g/mol. The summed E-state index contributed by atoms with van der Waals surface area (Å²) >= 11 is 0. The van der Waals surface area contributed by atoms with Gasteiger partial charge in [-0.3, -0.25) is 9.69 Å². The van der Waals surface area contributed by atoms with Crippen LogP contribution in [0.1, 0.15) is 41.0 Å². The molecular formula is C14H32N2O2. The number of nitrogens with zero attached hydrogens (tertiary/aromatic N) is 2. The van der Waals surface area contributed by atoms with E-state index in [-0.39, 0.29) is 5.91 Å². The summed E-state index contributed by atoms with van der Waals surface area (Å²) in [7, 11) is 1.72. The summed E-state index contributed by atoms with van der Waals surface area (Å²) in [6.45, 7) is 15.4. The van der Waals surface area contributed by atoms with Gasteiger partial charge in [0.1, 0.15) is 0 Å². The Bertz CT molecular complexity index is 179. The first-order valence-corrected chi connectivity index (χ1v) is 7.27. The summed E-state index contributed by atoms with van der Waals surface area (Å²) in [5.41, 5.74) is 0. The molecule has 0 aromatic heterocycles. The van der Waals surface area contributed by atoms with E-state index in [1.54, 1.807) is 7.11 Å². The monoisotopic (exact) mass is 260 g/mol. The number of hydrogen-bond acceptors (Lipinski definition) is 3. The number of methoxy groups -OCH3 is 1. The lowest BCUT2D eigenvalue weighted by molar-refractivity contribution is -0.132. The minimum atomic E-state index is 0.274. The van der Waals surface area contributed by atoms with Gasteiger partial charge in [0, 0.05) is 46.3 Å². The van der Waals surface area contributed by atoms with Crippen LogP contribution in [0.15, 0.2) is 0 Å². The Kier molecular flexibility index (Phi) is 15.8. The maximum Gasteiger partial charge on any atom is 0.222 e. The number of rotatable bonds is 4. The molecule has 0 aromatic rings. The number of carbonyl (C=O) groups is 1. The van der Waals surface area contributed by atoms with E-state index in [0.717, 1.165) is 39.3 Å². The van der Waals surface area contributed by atoms with Crippen molar-refractivity contribution in [3.05, 3.63) is 0 Å². The third kappa shape index (κ3) is 8.48. The first kappa shape index (κ1) is 19.7. The van der Waals surface area contributed by atoms with Gasteiger partial charge in [-0.1, -0.05) is 34.6 Å². The molecule has 0 atom stereocenters. The van der Waals surface area contributed by atoms with E-state index in [0.29, 0.717) is 6.42 Å². The molecule has 0 spiro atoms. The molecule has 1 fully saturated rings. The predicted octanol–water partition coefficient (Wildman–Crippen LogP) is 2.24. The Labute approximate surface area is 113 Å². The highest BCUT2D eigenvalue weighted by Crippen LogP contribution is 2.03. The van der Waals surface area contributed by atoms with Crippen molar-refractivity contribution in [2.45, 2.75) is 41.0 Å². The highest BCUT2D eigenvalue weighted by atomic mass is 16.5. The molecule has 1 saturated heterocycles. The van der Waals surface area contributed by atoms with Gasteiger partial charge in [-0.2, -0.15) is 0 Å². The number of hydrogen-bond donors (Lipinski definition) is 0. The summed E-state index contributed by atoms with van der Waals surface area (Å²) < 4.78 is 5.02. The van der Waals surface area contributed by atoms with Crippen LogP contribution in [0.2, 0.25) is 0 Å². The van der Waals surface area contributed by atoms with Gasteiger partial charge in [-0.05, 0) is 0 Å². The summed E-state index contributed by atoms with van der Waals surface area (Å²) in [6.07, 6.45) is 0.623. The van der Waals surface area contributed by atoms with Crippen LogP contribution < -0.4 is 0 Å². The van der Waals surface area contributed by atoms with Gasteiger partial charge < -0.3 is 9.64 Å². The van der Waals surface area contributed by atoms with E-state index in [2.05, 4.69) is 4.90 Å². The lowest BCUT2D eigenvalue weighted by Gasteiger charge is -2.34. The lowest BCUT2D eigenvalue weighted by Crippen LogP contribution is -2.49. The van der Waals surface area contributed by atoms with Gasteiger partial charge in [-0.25, -0.2) is 0 Å². The van der Waals surface area contributed by atoms with Gasteiger partial charge in [0.2, 0.25) is 5.91 Å². The minimum absolute atomic E-state index is 0.274. The Morgan fingerprint density at radius 2 is 1.56 bits per heavy atom. The molecule has 0 radical (unpaired) electrons. The Morgan fingerprint density at radius 1 is 1.06 bits per heavy atom. The minimum Gasteiger partial charge on any atom is -0.383 e. The van der Waals surface area contributed by atoms with Crippen LogP contribution in [0.4, 0.5) is 0 Å². The van der Waals surface area contributed by atoms with Crippen LogP contribution in [-0.4, -0.2) is 62.1 Å². The molecule has 4 nitrogen and oxygen atoms in total. The zero-order valence-corrected chi connectivity index (χ0v) is 13.2. The van der Waals surface area contributed by atoms with Crippen LogP contribution in [0, 0.1) is 0 Å². The molecule has 110 valence electrons. The topological polar surface area (TPSA) is 32.8 Å². The smallest absolute Gasteiger partial charge is 0.222 e. The maximum atomic E-state index is 11.4. The molecule has 1 aliphatic heterocycles. The fourth-order valence-corrected chi connectivity index (χ4v) is 1.66. The fraction of sp³-hybridized carbons (Fsp3) is 0.929. The standard InChI is InChI=1S/C10H20N2O2.2C2H6/c1-3-10(13)12-6-4-11(5-7-12)8-9-14-2;2*1-2/h3-9H2,1-2H3;2*1-2H3. The van der Waals surface area contributed by atoms with E-state index in [1.807, 2.05) is 39.5 Å². The molecule has 0 saturated carbocycles. The zero-order chi connectivity index (χ0) is 14.4. The molecule has 4 heteroatoms. The third-order valence-corrected chi connectivity index (χ3v) is 2.64. The molecule has 1 heterocycles. The molecule has 0 aromatic carbocycles. The van der Waals surface area contributed by atoms with Crippen molar-refractivity contribution in [3.8, 4) is 0 Å². The van der Waals surface area contributed by atoms with E-state index in [1.165, 1.54) is 0 Å². The Morgan fingerprint density at radius 3 is 1.94 bits per heavy atom. The average Bonchev–Trinajstić information content (AvgIpc) is 2.49. The number of ether oxygens (including phenoxy) is 1. The van der Waals surface area contributed by atoms with E-state index in [4.69, 9.17) is 4.74 Å². The van der Waals surface area contributed by atoms with Crippen molar-refractivity contribution >= 4 is 5.91 Å². The highest BCUT2D eigenvalue weighted by Gasteiger charge is 2.18. The maximum absolute atomic E-state index is 11.4. The second-order valence-corrected chi connectivity index (χ2v) is 3.57. The van der Waals surface area contributed by atoms with Crippen LogP contribution >= 0.6 is 0 Å². The molecule has 1 rings (SSSR count). The van der Waals surface area contributed by atoms with E-state index < -0.39 is 0 Å². The van der Waals surface area contributed by atoms with Crippen molar-refractivity contribution < 1.29 is 9.53 Å². The number of carbonyl (C=O) groups excluding carboxylic acids is 1. The molecule has 0 N–H and O–H groups in total. The predicted molar refractivity (Wildman–Crippen MR) is 77.9 cm³/mol. The van der Waals surface area contributed by atoms with Crippen molar-refractivity contribution in [2.24, 2.45) is 0 Å².